The van der Waals surface area contributed by atoms with Gasteiger partial charge in [0.2, 0.25) is 10.0 Å². The molecule has 1 aromatic carbocycles. The molecule has 2 rings (SSSR count). The molecule has 1 aromatic rings. The van der Waals surface area contributed by atoms with E-state index in [0.717, 1.165) is 17.5 Å². The first-order valence-corrected chi connectivity index (χ1v) is 8.42. The van der Waals surface area contributed by atoms with Gasteiger partial charge in [-0.25, -0.2) is 17.5 Å². The van der Waals surface area contributed by atoms with E-state index in [1.165, 1.54) is 12.1 Å². The van der Waals surface area contributed by atoms with E-state index in [0.29, 0.717) is 6.42 Å². The van der Waals surface area contributed by atoms with E-state index >= 15 is 0 Å². The predicted molar refractivity (Wildman–Crippen MR) is 75.5 cm³/mol. The standard InChI is InChI=1S/C14H20FNO3S/c1-10(2)19-7-8-20(17,18)16-14-6-4-11-3-5-12(15)9-13(11)14/h3,5,9-10,14,16H,4,6-8H2,1-2H3/t14-/m1/s1. The van der Waals surface area contributed by atoms with E-state index in [-0.39, 0.29) is 30.3 Å². The minimum absolute atomic E-state index is 0.00602. The lowest BCUT2D eigenvalue weighted by atomic mass is 10.1. The monoisotopic (exact) mass is 301 g/mol. The summed E-state index contributed by atoms with van der Waals surface area (Å²) in [5, 5.41) is 0. The molecule has 0 bridgehead atoms. The van der Waals surface area contributed by atoms with E-state index in [1.807, 2.05) is 13.8 Å². The average molecular weight is 301 g/mol. The van der Waals surface area contributed by atoms with Crippen LogP contribution in [0, 0.1) is 5.82 Å². The highest BCUT2D eigenvalue weighted by Gasteiger charge is 2.26. The van der Waals surface area contributed by atoms with E-state index in [2.05, 4.69) is 4.72 Å². The molecular formula is C14H20FNO3S. The van der Waals surface area contributed by atoms with Crippen molar-refractivity contribution in [1.29, 1.82) is 0 Å². The number of aryl methyl sites for hydroxylation is 1. The first-order valence-electron chi connectivity index (χ1n) is 6.77. The molecule has 0 aromatic heterocycles. The number of halogens is 1. The zero-order chi connectivity index (χ0) is 14.8. The molecular weight excluding hydrogens is 281 g/mol. The van der Waals surface area contributed by atoms with Crippen molar-refractivity contribution < 1.29 is 17.5 Å². The molecule has 0 radical (unpaired) electrons. The second kappa shape index (κ2) is 6.20. The van der Waals surface area contributed by atoms with E-state index in [4.69, 9.17) is 4.74 Å². The van der Waals surface area contributed by atoms with Crippen LogP contribution in [-0.2, 0) is 21.2 Å². The van der Waals surface area contributed by atoms with Crippen molar-refractivity contribution in [1.82, 2.24) is 4.72 Å². The van der Waals surface area contributed by atoms with Gasteiger partial charge in [0.05, 0.1) is 18.5 Å². The van der Waals surface area contributed by atoms with Gasteiger partial charge in [-0.2, -0.15) is 0 Å². The topological polar surface area (TPSA) is 55.4 Å². The maximum absolute atomic E-state index is 13.3. The summed E-state index contributed by atoms with van der Waals surface area (Å²) in [7, 11) is -3.41. The van der Waals surface area contributed by atoms with Crippen LogP contribution >= 0.6 is 0 Å². The summed E-state index contributed by atoms with van der Waals surface area (Å²) in [5.41, 5.74) is 1.76. The van der Waals surface area contributed by atoms with Crippen LogP contribution < -0.4 is 4.72 Å². The number of fused-ring (bicyclic) bond motifs is 1. The van der Waals surface area contributed by atoms with Gasteiger partial charge in [0.1, 0.15) is 5.82 Å². The molecule has 4 nitrogen and oxygen atoms in total. The summed E-state index contributed by atoms with van der Waals surface area (Å²) >= 11 is 0. The Morgan fingerprint density at radius 3 is 2.90 bits per heavy atom. The Balaban J connectivity index is 2.00. The summed E-state index contributed by atoms with van der Waals surface area (Å²) in [4.78, 5) is 0. The highest BCUT2D eigenvalue weighted by molar-refractivity contribution is 7.89. The Labute approximate surface area is 119 Å². The van der Waals surface area contributed by atoms with Gasteiger partial charge >= 0.3 is 0 Å². The lowest BCUT2D eigenvalue weighted by Gasteiger charge is -2.15. The van der Waals surface area contributed by atoms with Crippen LogP contribution in [0.2, 0.25) is 0 Å². The van der Waals surface area contributed by atoms with Gasteiger partial charge in [0, 0.05) is 6.04 Å². The quantitative estimate of drug-likeness (QED) is 0.876. The Morgan fingerprint density at radius 2 is 2.20 bits per heavy atom. The Bertz CT molecular complexity index is 572. The summed E-state index contributed by atoms with van der Waals surface area (Å²) in [5.74, 6) is -0.412. The molecule has 0 saturated heterocycles. The van der Waals surface area contributed by atoms with Crippen LogP contribution in [0.5, 0.6) is 0 Å². The maximum atomic E-state index is 13.3. The molecule has 0 fully saturated rings. The van der Waals surface area contributed by atoms with Crippen LogP contribution in [0.15, 0.2) is 18.2 Å². The maximum Gasteiger partial charge on any atom is 0.214 e. The second-order valence-electron chi connectivity index (χ2n) is 5.29. The number of rotatable bonds is 6. The smallest absolute Gasteiger partial charge is 0.214 e. The molecule has 0 unspecified atom stereocenters. The Morgan fingerprint density at radius 1 is 1.45 bits per heavy atom. The summed E-state index contributed by atoms with van der Waals surface area (Å²) in [6.07, 6.45) is 1.44. The van der Waals surface area contributed by atoms with Crippen LogP contribution in [0.4, 0.5) is 4.39 Å². The SMILES string of the molecule is CC(C)OCCS(=O)(=O)N[C@@H]1CCc2ccc(F)cc21. The molecule has 0 amide bonds. The van der Waals surface area contributed by atoms with Gasteiger partial charge in [-0.1, -0.05) is 6.07 Å². The van der Waals surface area contributed by atoms with Crippen molar-refractivity contribution in [3.63, 3.8) is 0 Å². The molecule has 0 aliphatic heterocycles. The largest absolute Gasteiger partial charge is 0.378 e. The summed E-state index contributed by atoms with van der Waals surface area (Å²) < 4.78 is 45.1. The molecule has 1 aliphatic rings. The first kappa shape index (κ1) is 15.4. The molecule has 1 N–H and O–H groups in total. The van der Waals surface area contributed by atoms with Crippen molar-refractivity contribution in [2.24, 2.45) is 0 Å². The highest BCUT2D eigenvalue weighted by atomic mass is 32.2. The zero-order valence-corrected chi connectivity index (χ0v) is 12.5. The molecule has 0 spiro atoms. The van der Waals surface area contributed by atoms with Gasteiger partial charge in [0.15, 0.2) is 0 Å². The third kappa shape index (κ3) is 4.01. The Hall–Kier alpha value is -0.980. The minimum Gasteiger partial charge on any atom is -0.378 e. The lowest BCUT2D eigenvalue weighted by molar-refractivity contribution is 0.0911. The highest BCUT2D eigenvalue weighted by Crippen LogP contribution is 2.32. The lowest BCUT2D eigenvalue weighted by Crippen LogP contribution is -2.31. The number of hydrogen-bond donors (Lipinski definition) is 1. The summed E-state index contributed by atoms with van der Waals surface area (Å²) in [6, 6.07) is 4.22. The van der Waals surface area contributed by atoms with Crippen LogP contribution in [0.3, 0.4) is 0 Å². The van der Waals surface area contributed by atoms with Crippen LogP contribution in [-0.4, -0.2) is 26.9 Å². The normalized spacial score (nSPS) is 18.5. The van der Waals surface area contributed by atoms with E-state index in [9.17, 15) is 12.8 Å². The van der Waals surface area contributed by atoms with Crippen molar-refractivity contribution in [2.75, 3.05) is 12.4 Å². The molecule has 20 heavy (non-hydrogen) atoms. The minimum atomic E-state index is -3.41. The van der Waals surface area contributed by atoms with Crippen LogP contribution in [0.25, 0.3) is 0 Å². The molecule has 6 heteroatoms. The third-order valence-electron chi connectivity index (χ3n) is 3.31. The van der Waals surface area contributed by atoms with Crippen molar-refractivity contribution in [3.8, 4) is 0 Å². The third-order valence-corrected chi connectivity index (χ3v) is 4.66. The number of ether oxygens (including phenoxy) is 1. The number of benzene rings is 1. The molecule has 112 valence electrons. The number of nitrogens with one attached hydrogen (secondary N) is 1. The van der Waals surface area contributed by atoms with Gasteiger partial charge in [-0.3, -0.25) is 0 Å². The van der Waals surface area contributed by atoms with Gasteiger partial charge in [-0.05, 0) is 49.9 Å². The van der Waals surface area contributed by atoms with Crippen molar-refractivity contribution in [2.45, 2.75) is 38.8 Å². The fourth-order valence-electron chi connectivity index (χ4n) is 2.36. The van der Waals surface area contributed by atoms with Gasteiger partial charge in [0.25, 0.3) is 0 Å². The fourth-order valence-corrected chi connectivity index (χ4v) is 3.48. The number of hydrogen-bond acceptors (Lipinski definition) is 3. The molecule has 1 atom stereocenters. The zero-order valence-electron chi connectivity index (χ0n) is 11.7. The summed E-state index contributed by atoms with van der Waals surface area (Å²) in [6.45, 7) is 3.88. The van der Waals surface area contributed by atoms with Crippen molar-refractivity contribution in [3.05, 3.63) is 35.1 Å². The molecule has 0 heterocycles. The van der Waals surface area contributed by atoms with E-state index < -0.39 is 10.0 Å². The second-order valence-corrected chi connectivity index (χ2v) is 7.16. The van der Waals surface area contributed by atoms with Crippen molar-refractivity contribution >= 4 is 10.0 Å². The predicted octanol–water partition coefficient (Wildman–Crippen LogP) is 2.16. The van der Waals surface area contributed by atoms with E-state index in [1.54, 1.807) is 6.07 Å². The van der Waals surface area contributed by atoms with Gasteiger partial charge < -0.3 is 4.74 Å². The van der Waals surface area contributed by atoms with Gasteiger partial charge in [-0.15, -0.1) is 0 Å². The molecule has 1 aliphatic carbocycles. The fraction of sp³-hybridized carbons (Fsp3) is 0.571. The average Bonchev–Trinajstić information content (AvgIpc) is 2.70. The van der Waals surface area contributed by atoms with Crippen LogP contribution in [0.1, 0.15) is 37.4 Å². The Kier molecular flexibility index (Phi) is 4.78. The first-order chi connectivity index (χ1) is 9.37. The number of sulfonamides is 1. The molecule has 0 saturated carbocycles.